The SMILES string of the molecule is COC=CS. The quantitative estimate of drug-likeness (QED) is 0.374. The fourth-order valence-corrected chi connectivity index (χ4v) is 0.183. The molecular formula is C3H6OS. The van der Waals surface area contributed by atoms with Crippen LogP contribution in [0.3, 0.4) is 0 Å². The summed E-state index contributed by atoms with van der Waals surface area (Å²) in [7, 11) is 1.58. The Morgan fingerprint density at radius 1 is 1.80 bits per heavy atom. The second-order valence-corrected chi connectivity index (χ2v) is 0.819. The van der Waals surface area contributed by atoms with E-state index in [2.05, 4.69) is 17.4 Å². The number of hydrogen-bond donors (Lipinski definition) is 1. The largest absolute Gasteiger partial charge is 0.504 e. The van der Waals surface area contributed by atoms with Crippen LogP contribution in [-0.4, -0.2) is 7.11 Å². The maximum absolute atomic E-state index is 4.43. The normalized spacial score (nSPS) is 9.20. The Hall–Kier alpha value is -0.110. The average molecular weight is 90.1 g/mol. The predicted molar refractivity (Wildman–Crippen MR) is 25.1 cm³/mol. The first-order valence-corrected chi connectivity index (χ1v) is 1.75. The van der Waals surface area contributed by atoms with Gasteiger partial charge >= 0.3 is 0 Å². The van der Waals surface area contributed by atoms with E-state index in [0.717, 1.165) is 0 Å². The van der Waals surface area contributed by atoms with Crippen molar-refractivity contribution in [2.45, 2.75) is 0 Å². The molecule has 0 N–H and O–H groups in total. The summed E-state index contributed by atoms with van der Waals surface area (Å²) in [6.45, 7) is 0. The number of ether oxygens (including phenoxy) is 1. The van der Waals surface area contributed by atoms with E-state index in [4.69, 9.17) is 0 Å². The topological polar surface area (TPSA) is 9.23 Å². The summed E-state index contributed by atoms with van der Waals surface area (Å²) >= 11 is 3.70. The molecule has 0 fully saturated rings. The third-order valence-electron chi connectivity index (χ3n) is 0.197. The molecule has 0 rings (SSSR count). The first-order valence-electron chi connectivity index (χ1n) is 1.24. The number of rotatable bonds is 1. The maximum atomic E-state index is 4.43. The van der Waals surface area contributed by atoms with Crippen LogP contribution in [0.25, 0.3) is 0 Å². The Labute approximate surface area is 37.0 Å². The van der Waals surface area contributed by atoms with Gasteiger partial charge in [0.05, 0.1) is 13.4 Å². The van der Waals surface area contributed by atoms with E-state index in [0.29, 0.717) is 0 Å². The Bertz CT molecular complexity index is 33.9. The minimum Gasteiger partial charge on any atom is -0.504 e. The van der Waals surface area contributed by atoms with Crippen molar-refractivity contribution in [1.82, 2.24) is 0 Å². The molecule has 1 nitrogen and oxygen atoms in total. The molecule has 0 unspecified atom stereocenters. The van der Waals surface area contributed by atoms with E-state index in [-0.39, 0.29) is 0 Å². The molecule has 0 aromatic carbocycles. The summed E-state index contributed by atoms with van der Waals surface area (Å²) in [5.74, 6) is 0. The van der Waals surface area contributed by atoms with Crippen molar-refractivity contribution in [3.63, 3.8) is 0 Å². The van der Waals surface area contributed by atoms with Crippen LogP contribution in [0.4, 0.5) is 0 Å². The highest BCUT2D eigenvalue weighted by Crippen LogP contribution is 1.73. The van der Waals surface area contributed by atoms with Crippen LogP contribution in [0.1, 0.15) is 0 Å². The van der Waals surface area contributed by atoms with Crippen molar-refractivity contribution >= 4 is 12.6 Å². The molecule has 0 bridgehead atoms. The fraction of sp³-hybridized carbons (Fsp3) is 0.333. The van der Waals surface area contributed by atoms with E-state index >= 15 is 0 Å². The Kier molecular flexibility index (Phi) is 3.80. The standard InChI is InChI=1S/C3H6OS/c1-4-2-3-5/h2-3,5H,1H3. The molecule has 0 radical (unpaired) electrons. The number of methoxy groups -OCH3 is 1. The molecule has 0 aromatic heterocycles. The highest BCUT2D eigenvalue weighted by molar-refractivity contribution is 7.83. The molecule has 0 heterocycles. The van der Waals surface area contributed by atoms with Gasteiger partial charge in [0.1, 0.15) is 0 Å². The molecule has 30 valence electrons. The van der Waals surface area contributed by atoms with Crippen LogP contribution in [0, 0.1) is 0 Å². The van der Waals surface area contributed by atoms with E-state index in [9.17, 15) is 0 Å². The van der Waals surface area contributed by atoms with Crippen molar-refractivity contribution in [3.8, 4) is 0 Å². The van der Waals surface area contributed by atoms with Crippen molar-refractivity contribution in [2.75, 3.05) is 7.11 Å². The third-order valence-corrected chi connectivity index (χ3v) is 0.319. The van der Waals surface area contributed by atoms with Crippen molar-refractivity contribution in [1.29, 1.82) is 0 Å². The van der Waals surface area contributed by atoms with Gasteiger partial charge in [-0.3, -0.25) is 0 Å². The molecule has 5 heavy (non-hydrogen) atoms. The summed E-state index contributed by atoms with van der Waals surface area (Å²) < 4.78 is 4.43. The van der Waals surface area contributed by atoms with Crippen molar-refractivity contribution < 1.29 is 4.74 Å². The van der Waals surface area contributed by atoms with Gasteiger partial charge < -0.3 is 4.74 Å². The van der Waals surface area contributed by atoms with E-state index < -0.39 is 0 Å². The van der Waals surface area contributed by atoms with Crippen molar-refractivity contribution in [2.24, 2.45) is 0 Å². The maximum Gasteiger partial charge on any atom is 0.0884 e. The van der Waals surface area contributed by atoms with Gasteiger partial charge in [0.2, 0.25) is 0 Å². The highest BCUT2D eigenvalue weighted by Gasteiger charge is 1.47. The summed E-state index contributed by atoms with van der Waals surface area (Å²) in [6, 6.07) is 0. The van der Waals surface area contributed by atoms with Gasteiger partial charge in [-0.05, 0) is 0 Å². The Morgan fingerprint density at radius 3 is 2.40 bits per heavy atom. The summed E-state index contributed by atoms with van der Waals surface area (Å²) in [4.78, 5) is 0. The van der Waals surface area contributed by atoms with Crippen LogP contribution in [0.2, 0.25) is 0 Å². The molecule has 0 saturated heterocycles. The first-order chi connectivity index (χ1) is 2.41. The minimum absolute atomic E-state index is 1.49. The van der Waals surface area contributed by atoms with Gasteiger partial charge in [0, 0.05) is 5.41 Å². The number of hydrogen-bond acceptors (Lipinski definition) is 2. The van der Waals surface area contributed by atoms with E-state index in [1.807, 2.05) is 0 Å². The zero-order chi connectivity index (χ0) is 4.12. The molecule has 2 heteroatoms. The molecule has 0 aromatic rings. The van der Waals surface area contributed by atoms with Gasteiger partial charge in [-0.25, -0.2) is 0 Å². The van der Waals surface area contributed by atoms with Crippen LogP contribution in [0.5, 0.6) is 0 Å². The van der Waals surface area contributed by atoms with Crippen LogP contribution >= 0.6 is 12.6 Å². The zero-order valence-corrected chi connectivity index (χ0v) is 3.90. The van der Waals surface area contributed by atoms with E-state index in [1.54, 1.807) is 7.11 Å². The second-order valence-electron chi connectivity index (χ2n) is 0.521. The van der Waals surface area contributed by atoms with Gasteiger partial charge in [-0.2, -0.15) is 0 Å². The molecule has 0 saturated carbocycles. The molecule has 0 aliphatic heterocycles. The van der Waals surface area contributed by atoms with Gasteiger partial charge in [-0.15, -0.1) is 12.6 Å². The van der Waals surface area contributed by atoms with E-state index in [1.165, 1.54) is 11.7 Å². The summed E-state index contributed by atoms with van der Waals surface area (Å²) in [5.41, 5.74) is 0. The molecule has 0 aliphatic rings. The molecule has 0 atom stereocenters. The van der Waals surface area contributed by atoms with Crippen LogP contribution in [-0.2, 0) is 4.74 Å². The molecule has 0 amide bonds. The van der Waals surface area contributed by atoms with Gasteiger partial charge in [0.25, 0.3) is 0 Å². The molecule has 0 spiro atoms. The Morgan fingerprint density at radius 2 is 2.40 bits per heavy atom. The zero-order valence-electron chi connectivity index (χ0n) is 3.01. The monoisotopic (exact) mass is 90.0 g/mol. The third kappa shape index (κ3) is 3.89. The first kappa shape index (κ1) is 4.89. The van der Waals surface area contributed by atoms with Crippen LogP contribution in [0.15, 0.2) is 11.7 Å². The lowest BCUT2D eigenvalue weighted by atomic mass is 11.1. The average Bonchev–Trinajstić information content (AvgIpc) is 1.41. The van der Waals surface area contributed by atoms with Gasteiger partial charge in [-0.1, -0.05) is 0 Å². The molecular weight excluding hydrogens is 84.1 g/mol. The number of thiol groups is 1. The molecule has 0 aliphatic carbocycles. The fourth-order valence-electron chi connectivity index (χ4n) is 0.0609. The second kappa shape index (κ2) is 3.89. The summed E-state index contributed by atoms with van der Waals surface area (Å²) in [5, 5.41) is 1.53. The Balaban J connectivity index is 2.62. The van der Waals surface area contributed by atoms with Gasteiger partial charge in [0.15, 0.2) is 0 Å². The predicted octanol–water partition coefficient (Wildman–Crippen LogP) is 1.03. The lowest BCUT2D eigenvalue weighted by molar-refractivity contribution is 0.339. The lowest BCUT2D eigenvalue weighted by Crippen LogP contribution is -1.56. The summed E-state index contributed by atoms with van der Waals surface area (Å²) in [6.07, 6.45) is 1.49. The lowest BCUT2D eigenvalue weighted by Gasteiger charge is -1.76. The highest BCUT2D eigenvalue weighted by atomic mass is 32.1. The van der Waals surface area contributed by atoms with Crippen LogP contribution < -0.4 is 0 Å². The van der Waals surface area contributed by atoms with Crippen molar-refractivity contribution in [3.05, 3.63) is 11.7 Å². The smallest absolute Gasteiger partial charge is 0.0884 e. The minimum atomic E-state index is 1.49.